The Morgan fingerprint density at radius 3 is 0.421 bits per heavy atom. The van der Waals surface area contributed by atoms with E-state index in [0.717, 1.165) is 0 Å². The molecule has 0 unspecified atom stereocenters. The van der Waals surface area contributed by atoms with E-state index in [9.17, 15) is 0 Å². The predicted octanol–water partition coefficient (Wildman–Crippen LogP) is -9.00. The molecule has 0 rings (SSSR count). The van der Waals surface area contributed by atoms with E-state index in [1.807, 2.05) is 0 Å². The molecule has 0 bridgehead atoms. The van der Waals surface area contributed by atoms with E-state index in [2.05, 4.69) is 0 Å². The molecule has 0 aromatic carbocycles. The van der Waals surface area contributed by atoms with Gasteiger partial charge in [-0.15, -0.1) is 0 Å². The van der Waals surface area contributed by atoms with E-state index >= 15 is 0 Å². The maximum Gasteiger partial charge on any atom is 3.00 e. The van der Waals surface area contributed by atoms with Gasteiger partial charge in [0.2, 0.25) is 0 Å². The Balaban J connectivity index is -0.00000000675. The van der Waals surface area contributed by atoms with E-state index in [1.165, 1.54) is 0 Å². The van der Waals surface area contributed by atoms with Gasteiger partial charge in [0.05, 0.1) is 0 Å². The average molecular weight is 632 g/mol. The van der Waals surface area contributed by atoms with Crippen molar-refractivity contribution in [3.63, 3.8) is 0 Å². The Labute approximate surface area is 212 Å². The SMILES string of the molecule is O=[Si]([O-])[O-].O=[Si]([O-])[O-].O=[Si]([O-])[O-].[O-2].[O-2].[O-2].[Y+3].[Y+3].[Y+3].[Y+3]. The minimum absolute atomic E-state index is 0. The largest absolute Gasteiger partial charge is 3.00 e. The third-order valence-electron chi connectivity index (χ3n) is 0. The predicted molar refractivity (Wildman–Crippen MR) is 21.4 cm³/mol. The van der Waals surface area contributed by atoms with Crippen molar-refractivity contribution in [2.45, 2.75) is 0 Å². The third kappa shape index (κ3) is 783. The zero-order valence-electron chi connectivity index (χ0n) is 8.71. The van der Waals surface area contributed by atoms with E-state index in [4.69, 9.17) is 42.2 Å². The second kappa shape index (κ2) is 58.2. The fourth-order valence-electron chi connectivity index (χ4n) is 0. The molecule has 0 aromatic rings. The van der Waals surface area contributed by atoms with Gasteiger partial charge in [0.25, 0.3) is 0 Å². The monoisotopic (exact) mass is 631 g/mol. The van der Waals surface area contributed by atoms with Crippen LogP contribution in [0.1, 0.15) is 0 Å². The Bertz CT molecular complexity index is 123. The van der Waals surface area contributed by atoms with Crippen LogP contribution in [0.4, 0.5) is 0 Å². The van der Waals surface area contributed by atoms with E-state index in [-0.39, 0.29) is 147 Å². The van der Waals surface area contributed by atoms with Gasteiger partial charge in [-0.2, -0.15) is 0 Å². The van der Waals surface area contributed by atoms with Crippen molar-refractivity contribution in [3.05, 3.63) is 0 Å². The van der Waals surface area contributed by atoms with Crippen molar-refractivity contribution in [1.82, 2.24) is 0 Å². The molecule has 0 aliphatic heterocycles. The molecule has 0 atom stereocenters. The van der Waals surface area contributed by atoms with Gasteiger partial charge in [-0.3, -0.25) is 0 Å². The Morgan fingerprint density at radius 2 is 0.421 bits per heavy atom. The Kier molecular flexibility index (Phi) is 206. The van der Waals surface area contributed by atoms with Crippen LogP contribution >= 0.6 is 0 Å². The zero-order chi connectivity index (χ0) is 10.7. The van der Waals surface area contributed by atoms with Gasteiger partial charge in [0.1, 0.15) is 0 Å². The zero-order valence-corrected chi connectivity index (χ0v) is 23.1. The molecule has 0 heterocycles. The number of hydrogen-bond acceptors (Lipinski definition) is 9. The molecule has 0 aliphatic carbocycles. The van der Waals surface area contributed by atoms with Crippen molar-refractivity contribution in [2.24, 2.45) is 0 Å². The second-order valence-corrected chi connectivity index (χ2v) is 2.25. The fourth-order valence-corrected chi connectivity index (χ4v) is 0. The van der Waals surface area contributed by atoms with E-state index in [0.29, 0.717) is 0 Å². The minimum Gasteiger partial charge on any atom is -2.00 e. The first kappa shape index (κ1) is 67.1. The van der Waals surface area contributed by atoms with Crippen LogP contribution in [0.15, 0.2) is 0 Å². The van der Waals surface area contributed by atoms with Crippen LogP contribution in [0.5, 0.6) is 0 Å². The summed E-state index contributed by atoms with van der Waals surface area (Å²) < 4.78 is 25.6. The number of rotatable bonds is 0. The van der Waals surface area contributed by atoms with Crippen LogP contribution in [-0.2, 0) is 161 Å². The summed E-state index contributed by atoms with van der Waals surface area (Å²) in [7, 11) is -10.9. The topological polar surface area (TPSA) is 275 Å². The van der Waals surface area contributed by atoms with Gasteiger partial charge < -0.3 is 58.6 Å². The van der Waals surface area contributed by atoms with E-state index < -0.39 is 27.5 Å². The van der Waals surface area contributed by atoms with Crippen LogP contribution in [0.25, 0.3) is 0 Å². The molecule has 12 nitrogen and oxygen atoms in total. The molecule has 0 amide bonds. The smallest absolute Gasteiger partial charge is 2.00 e. The van der Waals surface area contributed by atoms with Gasteiger partial charge in [0.15, 0.2) is 0 Å². The van der Waals surface area contributed by atoms with E-state index in [1.54, 1.807) is 0 Å². The molecular formula is O12Si3Y4. The molecule has 0 N–H and O–H groups in total. The van der Waals surface area contributed by atoms with Crippen molar-refractivity contribution in [2.75, 3.05) is 0 Å². The molecule has 0 radical (unpaired) electrons. The summed E-state index contributed by atoms with van der Waals surface area (Å²) in [6, 6.07) is 0. The summed E-state index contributed by atoms with van der Waals surface area (Å²) in [4.78, 5) is 51.1. The average Bonchev–Trinajstić information content (AvgIpc) is 1.54. The molecule has 0 saturated heterocycles. The maximum atomic E-state index is 8.52. The molecule has 0 spiro atoms. The minimum atomic E-state index is -3.63. The first-order chi connectivity index (χ1) is 5.20. The molecule has 0 aliphatic rings. The van der Waals surface area contributed by atoms with Crippen molar-refractivity contribution >= 4 is 27.5 Å². The van der Waals surface area contributed by atoms with Gasteiger partial charge in [-0.05, 0) is 0 Å². The van der Waals surface area contributed by atoms with Crippen LogP contribution in [0, 0.1) is 0 Å². The summed E-state index contributed by atoms with van der Waals surface area (Å²) in [5, 5.41) is 0. The second-order valence-electron chi connectivity index (χ2n) is 0.750. The molecule has 19 heavy (non-hydrogen) atoms. The first-order valence-electron chi connectivity index (χ1n) is 1.84. The van der Waals surface area contributed by atoms with Gasteiger partial charge >= 0.3 is 131 Å². The first-order valence-corrected chi connectivity index (χ1v) is 5.51. The van der Waals surface area contributed by atoms with Gasteiger partial charge in [-0.1, -0.05) is 0 Å². The van der Waals surface area contributed by atoms with Crippen LogP contribution in [0.3, 0.4) is 0 Å². The molecule has 96 valence electrons. The van der Waals surface area contributed by atoms with Crippen LogP contribution in [-0.4, -0.2) is 27.5 Å². The van der Waals surface area contributed by atoms with Crippen molar-refractivity contribution in [3.8, 4) is 0 Å². The van der Waals surface area contributed by atoms with Gasteiger partial charge in [0, 0.05) is 27.5 Å². The van der Waals surface area contributed by atoms with Crippen molar-refractivity contribution < 1.29 is 189 Å². The fraction of sp³-hybridized carbons (Fsp3) is 0. The molecule has 0 aromatic heterocycles. The van der Waals surface area contributed by atoms with Crippen LogP contribution < -0.4 is 28.8 Å². The maximum absolute atomic E-state index is 8.52. The molecule has 0 saturated carbocycles. The summed E-state index contributed by atoms with van der Waals surface area (Å²) in [6.45, 7) is 0. The summed E-state index contributed by atoms with van der Waals surface area (Å²) in [5.41, 5.74) is 0. The Hall–Kier alpha value is 3.15. The Morgan fingerprint density at radius 1 is 0.421 bits per heavy atom. The third-order valence-corrected chi connectivity index (χ3v) is 0. The summed E-state index contributed by atoms with van der Waals surface area (Å²) >= 11 is 0. The molecular weight excluding hydrogens is 632 g/mol. The van der Waals surface area contributed by atoms with Crippen LogP contribution in [0.2, 0.25) is 0 Å². The molecule has 19 heteroatoms. The summed E-state index contributed by atoms with van der Waals surface area (Å²) in [5.74, 6) is 0. The van der Waals surface area contributed by atoms with Crippen molar-refractivity contribution in [1.29, 1.82) is 0 Å². The van der Waals surface area contributed by atoms with Gasteiger partial charge in [-0.25, -0.2) is 0 Å². The molecule has 0 fully saturated rings. The quantitative estimate of drug-likeness (QED) is 0.229. The summed E-state index contributed by atoms with van der Waals surface area (Å²) in [6.07, 6.45) is 0. The number of hydrogen-bond donors (Lipinski definition) is 0. The normalized spacial score (nSPS) is 3.79. The standard InChI is InChI=1S/3O3Si.3O.4Y/c3*1-4(2)3;;;;;;;/q6*-2;4*+3.